The zero-order chi connectivity index (χ0) is 14.3. The van der Waals surface area contributed by atoms with Gasteiger partial charge < -0.3 is 9.64 Å². The van der Waals surface area contributed by atoms with Gasteiger partial charge in [0.2, 0.25) is 0 Å². The maximum atomic E-state index is 13.4. The number of nitrogens with zero attached hydrogens (tertiary/aromatic N) is 1. The topological polar surface area (TPSA) is 12.5 Å². The van der Waals surface area contributed by atoms with Crippen LogP contribution in [0.4, 0.5) is 4.39 Å². The van der Waals surface area contributed by atoms with E-state index in [2.05, 4.69) is 25.3 Å². The molecule has 1 fully saturated rings. The molecule has 0 N–H and O–H groups in total. The van der Waals surface area contributed by atoms with E-state index in [4.69, 9.17) is 4.74 Å². The molecular weight excluding hydrogens is 253 g/mol. The Kier molecular flexibility index (Phi) is 3.33. The van der Waals surface area contributed by atoms with Crippen molar-refractivity contribution in [3.8, 4) is 5.75 Å². The normalized spacial score (nSPS) is 24.7. The third-order valence-corrected chi connectivity index (χ3v) is 4.80. The highest BCUT2D eigenvalue weighted by Crippen LogP contribution is 2.50. The lowest BCUT2D eigenvalue weighted by atomic mass is 9.77. The Morgan fingerprint density at radius 3 is 2.70 bits per heavy atom. The van der Waals surface area contributed by atoms with Crippen LogP contribution in [0.5, 0.6) is 5.75 Å². The highest BCUT2D eigenvalue weighted by atomic mass is 19.1. The molecular formula is C17H22FNO. The van der Waals surface area contributed by atoms with Gasteiger partial charge in [0.05, 0.1) is 0 Å². The third-order valence-electron chi connectivity index (χ3n) is 4.80. The van der Waals surface area contributed by atoms with E-state index < -0.39 is 0 Å². The first-order valence-corrected chi connectivity index (χ1v) is 7.41. The van der Waals surface area contributed by atoms with E-state index >= 15 is 0 Å². The van der Waals surface area contributed by atoms with Gasteiger partial charge in [-0.25, -0.2) is 4.39 Å². The maximum Gasteiger partial charge on any atom is 0.127 e. The van der Waals surface area contributed by atoms with E-state index in [1.807, 2.05) is 12.1 Å². The average Bonchev–Trinajstić information content (AvgIpc) is 2.71. The van der Waals surface area contributed by atoms with Crippen LogP contribution in [0.3, 0.4) is 0 Å². The number of benzene rings is 1. The average molecular weight is 275 g/mol. The van der Waals surface area contributed by atoms with E-state index in [1.54, 1.807) is 0 Å². The van der Waals surface area contributed by atoms with Crippen LogP contribution in [0.2, 0.25) is 0 Å². The van der Waals surface area contributed by atoms with Crippen LogP contribution in [-0.4, -0.2) is 29.6 Å². The fourth-order valence-electron chi connectivity index (χ4n) is 3.59. The largest absolute Gasteiger partial charge is 0.486 e. The van der Waals surface area contributed by atoms with Gasteiger partial charge in [-0.1, -0.05) is 12.1 Å². The summed E-state index contributed by atoms with van der Waals surface area (Å²) >= 11 is 0. The summed E-state index contributed by atoms with van der Waals surface area (Å²) in [4.78, 5) is 2.47. The summed E-state index contributed by atoms with van der Waals surface area (Å²) in [6, 6.07) is 5.44. The van der Waals surface area contributed by atoms with Crippen molar-refractivity contribution in [3.63, 3.8) is 0 Å². The molecule has 2 nitrogen and oxygen atoms in total. The number of fused-ring (bicyclic) bond motifs is 1. The molecule has 0 unspecified atom stereocenters. The summed E-state index contributed by atoms with van der Waals surface area (Å²) in [7, 11) is 0. The number of ether oxygens (including phenoxy) is 1. The highest BCUT2D eigenvalue weighted by Gasteiger charge is 2.48. The van der Waals surface area contributed by atoms with Crippen molar-refractivity contribution in [2.75, 3.05) is 13.1 Å². The van der Waals surface area contributed by atoms with Gasteiger partial charge in [-0.05, 0) is 19.9 Å². The molecule has 2 aliphatic heterocycles. The number of piperidine rings is 1. The monoisotopic (exact) mass is 275 g/mol. The van der Waals surface area contributed by atoms with Crippen LogP contribution in [-0.2, 0) is 0 Å². The number of hydrogen-bond donors (Lipinski definition) is 0. The lowest BCUT2D eigenvalue weighted by Crippen LogP contribution is -2.50. The Hall–Kier alpha value is -1.35. The molecule has 108 valence electrons. The number of likely N-dealkylation sites (tertiary alicyclic amines) is 1. The molecule has 3 rings (SSSR count). The highest BCUT2D eigenvalue weighted by molar-refractivity contribution is 5.46. The number of halogens is 1. The zero-order valence-corrected chi connectivity index (χ0v) is 12.2. The van der Waals surface area contributed by atoms with Crippen molar-refractivity contribution in [2.45, 2.75) is 44.2 Å². The molecule has 1 saturated heterocycles. The first-order chi connectivity index (χ1) is 9.55. The summed E-state index contributed by atoms with van der Waals surface area (Å²) in [5, 5.41) is 0. The van der Waals surface area contributed by atoms with Gasteiger partial charge in [0.25, 0.3) is 0 Å². The van der Waals surface area contributed by atoms with E-state index in [0.717, 1.165) is 31.5 Å². The van der Waals surface area contributed by atoms with Crippen molar-refractivity contribution in [2.24, 2.45) is 0 Å². The Balaban J connectivity index is 1.87. The van der Waals surface area contributed by atoms with Gasteiger partial charge in [0, 0.05) is 49.5 Å². The number of rotatable bonds is 2. The van der Waals surface area contributed by atoms with Crippen molar-refractivity contribution >= 4 is 0 Å². The van der Waals surface area contributed by atoms with Gasteiger partial charge in [-0.3, -0.25) is 0 Å². The summed E-state index contributed by atoms with van der Waals surface area (Å²) in [5.41, 5.74) is 0.864. The predicted molar refractivity (Wildman–Crippen MR) is 78.6 cm³/mol. The molecule has 1 aromatic carbocycles. The Labute approximate surface area is 120 Å². The predicted octanol–water partition coefficient (Wildman–Crippen LogP) is 3.73. The van der Waals surface area contributed by atoms with Gasteiger partial charge in [-0.15, -0.1) is 6.58 Å². The fraction of sp³-hybridized carbons (Fsp3) is 0.529. The molecule has 3 heteroatoms. The minimum absolute atomic E-state index is 0.174. The standard InChI is InChI=1S/C17H22FNO/c1-4-15-14-6-5-13(18)11-16(14)20-17(15)7-9-19(10-8-17)12(2)3/h4-6,11-12,15H,1,7-10H2,2-3H3/t15-/m0/s1. The minimum Gasteiger partial charge on any atom is -0.486 e. The van der Waals surface area contributed by atoms with Crippen molar-refractivity contribution in [1.29, 1.82) is 0 Å². The second-order valence-electron chi connectivity index (χ2n) is 6.19. The summed E-state index contributed by atoms with van der Waals surface area (Å²) < 4.78 is 19.6. The minimum atomic E-state index is -0.233. The fourth-order valence-corrected chi connectivity index (χ4v) is 3.59. The summed E-state index contributed by atoms with van der Waals surface area (Å²) in [5.74, 6) is 0.642. The van der Waals surface area contributed by atoms with Crippen LogP contribution in [0.15, 0.2) is 30.9 Å². The van der Waals surface area contributed by atoms with Crippen molar-refractivity contribution in [3.05, 3.63) is 42.2 Å². The molecule has 2 heterocycles. The van der Waals surface area contributed by atoms with Gasteiger partial charge in [-0.2, -0.15) is 0 Å². The molecule has 1 atom stereocenters. The van der Waals surface area contributed by atoms with Gasteiger partial charge in [0.1, 0.15) is 17.2 Å². The van der Waals surface area contributed by atoms with E-state index in [9.17, 15) is 4.39 Å². The van der Waals surface area contributed by atoms with E-state index in [-0.39, 0.29) is 17.3 Å². The molecule has 0 aromatic heterocycles. The van der Waals surface area contributed by atoms with Gasteiger partial charge in [0.15, 0.2) is 0 Å². The molecule has 20 heavy (non-hydrogen) atoms. The van der Waals surface area contributed by atoms with Crippen LogP contribution in [0.1, 0.15) is 38.2 Å². The summed E-state index contributed by atoms with van der Waals surface area (Å²) in [6.07, 6.45) is 3.91. The molecule has 2 aliphatic rings. The van der Waals surface area contributed by atoms with Crippen LogP contribution < -0.4 is 4.74 Å². The van der Waals surface area contributed by atoms with Crippen LogP contribution in [0, 0.1) is 5.82 Å². The lowest BCUT2D eigenvalue weighted by molar-refractivity contribution is 0.000981. The second-order valence-corrected chi connectivity index (χ2v) is 6.19. The zero-order valence-electron chi connectivity index (χ0n) is 12.2. The van der Waals surface area contributed by atoms with E-state index in [1.165, 1.54) is 12.1 Å². The van der Waals surface area contributed by atoms with E-state index in [0.29, 0.717) is 11.8 Å². The first-order valence-electron chi connectivity index (χ1n) is 7.41. The Morgan fingerprint density at radius 2 is 2.10 bits per heavy atom. The lowest BCUT2D eigenvalue weighted by Gasteiger charge is -2.42. The maximum absolute atomic E-state index is 13.4. The Morgan fingerprint density at radius 1 is 1.40 bits per heavy atom. The molecule has 0 amide bonds. The molecule has 1 spiro atoms. The van der Waals surface area contributed by atoms with Crippen molar-refractivity contribution < 1.29 is 9.13 Å². The van der Waals surface area contributed by atoms with Crippen molar-refractivity contribution in [1.82, 2.24) is 4.90 Å². The number of hydrogen-bond acceptors (Lipinski definition) is 2. The first kappa shape index (κ1) is 13.6. The summed E-state index contributed by atoms with van der Waals surface area (Å²) in [6.45, 7) is 10.5. The second kappa shape index (κ2) is 4.88. The van der Waals surface area contributed by atoms with Crippen LogP contribution in [0.25, 0.3) is 0 Å². The Bertz CT molecular complexity index is 518. The SMILES string of the molecule is C=C[C@H]1c2ccc(F)cc2OC12CCN(C(C)C)CC2. The smallest absolute Gasteiger partial charge is 0.127 e. The quantitative estimate of drug-likeness (QED) is 0.763. The molecule has 0 radical (unpaired) electrons. The van der Waals surface area contributed by atoms with Gasteiger partial charge >= 0.3 is 0 Å². The molecule has 1 aromatic rings. The molecule has 0 saturated carbocycles. The molecule has 0 bridgehead atoms. The van der Waals surface area contributed by atoms with Crippen LogP contribution >= 0.6 is 0 Å². The molecule has 0 aliphatic carbocycles. The third kappa shape index (κ3) is 2.05.